The van der Waals surface area contributed by atoms with Crippen LogP contribution in [0.25, 0.3) is 6.08 Å². The first-order valence-corrected chi connectivity index (χ1v) is 4.12. The summed E-state index contributed by atoms with van der Waals surface area (Å²) < 4.78 is 0. The van der Waals surface area contributed by atoms with Gasteiger partial charge in [0.2, 0.25) is 0 Å². The quantitative estimate of drug-likeness (QED) is 0.655. The Morgan fingerprint density at radius 2 is 1.62 bits per heavy atom. The maximum Gasteiger partial charge on any atom is 0.150 e. The topological polar surface area (TPSA) is 20.3 Å². The zero-order valence-electron chi connectivity index (χ0n) is 7.90. The van der Waals surface area contributed by atoms with Crippen molar-refractivity contribution in [2.45, 2.75) is 0 Å². The van der Waals surface area contributed by atoms with Gasteiger partial charge in [-0.25, -0.2) is 0 Å². The van der Waals surface area contributed by atoms with Crippen LogP contribution in [0.15, 0.2) is 30.5 Å². The first-order chi connectivity index (χ1) is 6.22. The number of hydrogen-bond donors (Lipinski definition) is 0. The van der Waals surface area contributed by atoms with E-state index in [1.54, 1.807) is 0 Å². The van der Waals surface area contributed by atoms with E-state index >= 15 is 0 Å². The van der Waals surface area contributed by atoms with Gasteiger partial charge in [-0.2, -0.15) is 0 Å². The van der Waals surface area contributed by atoms with E-state index in [9.17, 15) is 4.79 Å². The second kappa shape index (κ2) is 4.45. The van der Waals surface area contributed by atoms with Crippen molar-refractivity contribution < 1.29 is 4.79 Å². The Morgan fingerprint density at radius 1 is 1.08 bits per heavy atom. The summed E-state index contributed by atoms with van der Waals surface area (Å²) in [5.74, 6) is 0. The lowest BCUT2D eigenvalue weighted by Crippen LogP contribution is -1.99. The van der Waals surface area contributed by atoms with Gasteiger partial charge in [0, 0.05) is 19.7 Å². The standard InChI is InChI=1S/C11H13NO/c1-12(2)8-7-10-3-5-11(9-13)6-4-10/h3-9H,1-2H3. The maximum absolute atomic E-state index is 10.4. The molecule has 0 spiro atoms. The fraction of sp³-hybridized carbons (Fsp3) is 0.182. The SMILES string of the molecule is CN(C)C=Cc1ccc(C=O)cc1. The molecular formula is C11H13NO. The van der Waals surface area contributed by atoms with Gasteiger partial charge in [-0.05, 0) is 17.8 Å². The largest absolute Gasteiger partial charge is 0.383 e. The molecule has 0 atom stereocenters. The van der Waals surface area contributed by atoms with Crippen molar-refractivity contribution in [3.63, 3.8) is 0 Å². The number of carbonyl (C=O) groups is 1. The van der Waals surface area contributed by atoms with Crippen LogP contribution in [0, 0.1) is 0 Å². The molecule has 1 aromatic carbocycles. The molecule has 1 aromatic rings. The first kappa shape index (κ1) is 9.52. The smallest absolute Gasteiger partial charge is 0.150 e. The van der Waals surface area contributed by atoms with E-state index in [1.807, 2.05) is 55.5 Å². The number of hydrogen-bond acceptors (Lipinski definition) is 2. The summed E-state index contributed by atoms with van der Waals surface area (Å²) in [4.78, 5) is 12.3. The third-order valence-electron chi connectivity index (χ3n) is 1.64. The fourth-order valence-corrected chi connectivity index (χ4v) is 0.921. The molecule has 68 valence electrons. The second-order valence-corrected chi connectivity index (χ2v) is 3.06. The number of aldehydes is 1. The van der Waals surface area contributed by atoms with Crippen LogP contribution in [0.3, 0.4) is 0 Å². The summed E-state index contributed by atoms with van der Waals surface area (Å²) in [7, 11) is 3.94. The van der Waals surface area contributed by atoms with Gasteiger partial charge in [0.15, 0.2) is 0 Å². The molecule has 0 radical (unpaired) electrons. The van der Waals surface area contributed by atoms with Gasteiger partial charge in [-0.1, -0.05) is 24.3 Å². The van der Waals surface area contributed by atoms with Crippen molar-refractivity contribution >= 4 is 12.4 Å². The highest BCUT2D eigenvalue weighted by Gasteiger charge is 1.88. The van der Waals surface area contributed by atoms with Crippen LogP contribution < -0.4 is 0 Å². The molecule has 0 aliphatic heterocycles. The van der Waals surface area contributed by atoms with E-state index < -0.39 is 0 Å². The number of rotatable bonds is 3. The Morgan fingerprint density at radius 3 is 2.08 bits per heavy atom. The minimum absolute atomic E-state index is 0.710. The molecule has 0 unspecified atom stereocenters. The molecule has 0 saturated heterocycles. The van der Waals surface area contributed by atoms with Crippen molar-refractivity contribution in [3.05, 3.63) is 41.6 Å². The highest BCUT2D eigenvalue weighted by molar-refractivity contribution is 5.75. The molecule has 0 aliphatic carbocycles. The molecule has 1 rings (SSSR count). The minimum Gasteiger partial charge on any atom is -0.383 e. The minimum atomic E-state index is 0.710. The van der Waals surface area contributed by atoms with Crippen molar-refractivity contribution in [1.82, 2.24) is 4.90 Å². The van der Waals surface area contributed by atoms with Crippen molar-refractivity contribution in [1.29, 1.82) is 0 Å². The van der Waals surface area contributed by atoms with Crippen LogP contribution >= 0.6 is 0 Å². The van der Waals surface area contributed by atoms with Crippen molar-refractivity contribution in [2.24, 2.45) is 0 Å². The summed E-state index contributed by atoms with van der Waals surface area (Å²) >= 11 is 0. The van der Waals surface area contributed by atoms with Gasteiger partial charge in [-0.15, -0.1) is 0 Å². The second-order valence-electron chi connectivity index (χ2n) is 3.06. The van der Waals surface area contributed by atoms with E-state index in [0.29, 0.717) is 5.56 Å². The van der Waals surface area contributed by atoms with Crippen molar-refractivity contribution in [2.75, 3.05) is 14.1 Å². The zero-order chi connectivity index (χ0) is 9.68. The highest BCUT2D eigenvalue weighted by atomic mass is 16.1. The van der Waals surface area contributed by atoms with Gasteiger partial charge >= 0.3 is 0 Å². The monoisotopic (exact) mass is 175 g/mol. The number of carbonyl (C=O) groups excluding carboxylic acids is 1. The molecule has 13 heavy (non-hydrogen) atoms. The molecule has 0 aromatic heterocycles. The summed E-state index contributed by atoms with van der Waals surface area (Å²) in [6.45, 7) is 0. The van der Waals surface area contributed by atoms with Crippen LogP contribution in [0.2, 0.25) is 0 Å². The normalized spacial score (nSPS) is 10.3. The average molecular weight is 175 g/mol. The van der Waals surface area contributed by atoms with E-state index in [1.165, 1.54) is 0 Å². The third kappa shape index (κ3) is 3.11. The van der Waals surface area contributed by atoms with Gasteiger partial charge in [0.1, 0.15) is 6.29 Å². The summed E-state index contributed by atoms with van der Waals surface area (Å²) in [6.07, 6.45) is 4.81. The van der Waals surface area contributed by atoms with Gasteiger partial charge < -0.3 is 4.90 Å². The van der Waals surface area contributed by atoms with E-state index in [-0.39, 0.29) is 0 Å². The predicted molar refractivity (Wildman–Crippen MR) is 54.6 cm³/mol. The number of nitrogens with zero attached hydrogens (tertiary/aromatic N) is 1. The lowest BCUT2D eigenvalue weighted by Gasteiger charge is -2.02. The molecule has 0 heterocycles. The van der Waals surface area contributed by atoms with Crippen LogP contribution in [0.5, 0.6) is 0 Å². The molecule has 0 aliphatic rings. The fourth-order valence-electron chi connectivity index (χ4n) is 0.921. The Kier molecular flexibility index (Phi) is 3.26. The van der Waals surface area contributed by atoms with Gasteiger partial charge in [0.05, 0.1) is 0 Å². The van der Waals surface area contributed by atoms with Crippen LogP contribution in [0.4, 0.5) is 0 Å². The van der Waals surface area contributed by atoms with E-state index in [0.717, 1.165) is 11.8 Å². The molecule has 0 bridgehead atoms. The third-order valence-corrected chi connectivity index (χ3v) is 1.64. The van der Waals surface area contributed by atoms with Gasteiger partial charge in [0.25, 0.3) is 0 Å². The maximum atomic E-state index is 10.4. The molecule has 2 nitrogen and oxygen atoms in total. The van der Waals surface area contributed by atoms with Crippen LogP contribution in [-0.2, 0) is 0 Å². The molecular weight excluding hydrogens is 162 g/mol. The highest BCUT2D eigenvalue weighted by Crippen LogP contribution is 2.04. The van der Waals surface area contributed by atoms with Gasteiger partial charge in [-0.3, -0.25) is 4.79 Å². The number of benzene rings is 1. The Balaban J connectivity index is 2.75. The Hall–Kier alpha value is -1.57. The molecule has 0 amide bonds. The lowest BCUT2D eigenvalue weighted by atomic mass is 10.1. The van der Waals surface area contributed by atoms with Crippen LogP contribution in [0.1, 0.15) is 15.9 Å². The molecule has 0 fully saturated rings. The Bertz CT molecular complexity index is 298. The molecule has 0 saturated carbocycles. The predicted octanol–water partition coefficient (Wildman–Crippen LogP) is 2.03. The molecule has 2 heteroatoms. The van der Waals surface area contributed by atoms with E-state index in [4.69, 9.17) is 0 Å². The molecule has 0 N–H and O–H groups in total. The van der Waals surface area contributed by atoms with E-state index in [2.05, 4.69) is 0 Å². The summed E-state index contributed by atoms with van der Waals surface area (Å²) in [5, 5.41) is 0. The Labute approximate surface area is 78.5 Å². The zero-order valence-corrected chi connectivity index (χ0v) is 7.90. The lowest BCUT2D eigenvalue weighted by molar-refractivity contribution is 0.112. The first-order valence-electron chi connectivity index (χ1n) is 4.12. The average Bonchev–Trinajstić information content (AvgIpc) is 2.15. The summed E-state index contributed by atoms with van der Waals surface area (Å²) in [5.41, 5.74) is 1.81. The van der Waals surface area contributed by atoms with Crippen molar-refractivity contribution in [3.8, 4) is 0 Å². The van der Waals surface area contributed by atoms with Crippen LogP contribution in [-0.4, -0.2) is 25.3 Å². The summed E-state index contributed by atoms with van der Waals surface area (Å²) in [6, 6.07) is 7.46.